The molecule has 1 unspecified atom stereocenters. The van der Waals surface area contributed by atoms with E-state index < -0.39 is 12.5 Å². The standard InChI is InChI=1S/C9H10F2O3/c1-14-7-3-2-5(4-6(7)12)8(13)9(10)11/h2-4,8-9,12-13H,1H3. The lowest BCUT2D eigenvalue weighted by molar-refractivity contribution is -0.00589. The highest BCUT2D eigenvalue weighted by Gasteiger charge is 2.20. The zero-order valence-corrected chi connectivity index (χ0v) is 7.45. The molecule has 0 aliphatic rings. The molecule has 0 bridgehead atoms. The molecule has 3 nitrogen and oxygen atoms in total. The fourth-order valence-corrected chi connectivity index (χ4v) is 1.04. The Hall–Kier alpha value is -1.36. The number of rotatable bonds is 3. The third kappa shape index (κ3) is 2.11. The van der Waals surface area contributed by atoms with E-state index in [2.05, 4.69) is 0 Å². The summed E-state index contributed by atoms with van der Waals surface area (Å²) in [6.45, 7) is 0. The normalized spacial score (nSPS) is 12.9. The van der Waals surface area contributed by atoms with Crippen LogP contribution in [0.4, 0.5) is 8.78 Å². The number of phenols is 1. The molecule has 0 saturated heterocycles. The maximum absolute atomic E-state index is 12.1. The van der Waals surface area contributed by atoms with Gasteiger partial charge in [-0.3, -0.25) is 0 Å². The van der Waals surface area contributed by atoms with Crippen molar-refractivity contribution in [3.63, 3.8) is 0 Å². The fraction of sp³-hybridized carbons (Fsp3) is 0.333. The Bertz CT molecular complexity index is 315. The SMILES string of the molecule is COc1ccc(C(O)C(F)F)cc1O. The highest BCUT2D eigenvalue weighted by atomic mass is 19.3. The third-order valence-corrected chi connectivity index (χ3v) is 1.78. The van der Waals surface area contributed by atoms with E-state index in [0.717, 1.165) is 6.07 Å². The first kappa shape index (κ1) is 10.7. The molecule has 0 amide bonds. The van der Waals surface area contributed by atoms with Crippen molar-refractivity contribution in [3.05, 3.63) is 23.8 Å². The summed E-state index contributed by atoms with van der Waals surface area (Å²) in [5.74, 6) is -0.0973. The summed E-state index contributed by atoms with van der Waals surface area (Å²) in [5.41, 5.74) is -0.0432. The molecule has 0 saturated carbocycles. The quantitative estimate of drug-likeness (QED) is 0.787. The van der Waals surface area contributed by atoms with Gasteiger partial charge in [-0.1, -0.05) is 6.07 Å². The van der Waals surface area contributed by atoms with Crippen molar-refractivity contribution in [3.8, 4) is 11.5 Å². The third-order valence-electron chi connectivity index (χ3n) is 1.78. The minimum atomic E-state index is -2.87. The molecule has 14 heavy (non-hydrogen) atoms. The second kappa shape index (κ2) is 4.23. The van der Waals surface area contributed by atoms with Gasteiger partial charge in [0.2, 0.25) is 0 Å². The Labute approximate surface area is 79.6 Å². The van der Waals surface area contributed by atoms with Crippen LogP contribution in [-0.4, -0.2) is 23.7 Å². The maximum Gasteiger partial charge on any atom is 0.268 e. The summed E-state index contributed by atoms with van der Waals surface area (Å²) in [6.07, 6.45) is -4.75. The molecule has 1 atom stereocenters. The predicted molar refractivity (Wildman–Crippen MR) is 45.6 cm³/mol. The summed E-state index contributed by atoms with van der Waals surface area (Å²) >= 11 is 0. The average Bonchev–Trinajstić information content (AvgIpc) is 2.16. The number of halogens is 2. The van der Waals surface area contributed by atoms with E-state index in [9.17, 15) is 13.9 Å². The molecule has 5 heteroatoms. The van der Waals surface area contributed by atoms with E-state index in [1.54, 1.807) is 0 Å². The molecule has 2 N–H and O–H groups in total. The minimum absolute atomic E-state index is 0.0432. The van der Waals surface area contributed by atoms with Crippen LogP contribution in [0.3, 0.4) is 0 Å². The number of alkyl halides is 2. The zero-order valence-electron chi connectivity index (χ0n) is 7.45. The monoisotopic (exact) mass is 204 g/mol. The number of hydrogen-bond acceptors (Lipinski definition) is 3. The van der Waals surface area contributed by atoms with Crippen LogP contribution in [0.25, 0.3) is 0 Å². The molecule has 0 fully saturated rings. The Morgan fingerprint density at radius 3 is 2.43 bits per heavy atom. The summed E-state index contributed by atoms with van der Waals surface area (Å²) < 4.78 is 28.9. The highest BCUT2D eigenvalue weighted by molar-refractivity contribution is 5.42. The van der Waals surface area contributed by atoms with Gasteiger partial charge < -0.3 is 14.9 Å². The van der Waals surface area contributed by atoms with Crippen LogP contribution in [0.15, 0.2) is 18.2 Å². The number of methoxy groups -OCH3 is 1. The van der Waals surface area contributed by atoms with Crippen molar-refractivity contribution in [2.24, 2.45) is 0 Å². The lowest BCUT2D eigenvalue weighted by Crippen LogP contribution is -2.07. The maximum atomic E-state index is 12.1. The van der Waals surface area contributed by atoms with Gasteiger partial charge in [-0.2, -0.15) is 0 Å². The second-order valence-electron chi connectivity index (χ2n) is 2.71. The summed E-state index contributed by atoms with van der Waals surface area (Å²) in [4.78, 5) is 0. The molecule has 78 valence electrons. The van der Waals surface area contributed by atoms with Crippen LogP contribution >= 0.6 is 0 Å². The Morgan fingerprint density at radius 1 is 1.36 bits per heavy atom. The number of aromatic hydroxyl groups is 1. The van der Waals surface area contributed by atoms with Crippen LogP contribution in [0.5, 0.6) is 11.5 Å². The number of aliphatic hydroxyl groups is 1. The van der Waals surface area contributed by atoms with Gasteiger partial charge in [-0.25, -0.2) is 8.78 Å². The smallest absolute Gasteiger partial charge is 0.268 e. The zero-order chi connectivity index (χ0) is 10.7. The van der Waals surface area contributed by atoms with Crippen LogP contribution < -0.4 is 4.74 Å². The van der Waals surface area contributed by atoms with E-state index in [-0.39, 0.29) is 17.1 Å². The van der Waals surface area contributed by atoms with Crippen molar-refractivity contribution in [1.82, 2.24) is 0 Å². The first-order valence-electron chi connectivity index (χ1n) is 3.89. The van der Waals surface area contributed by atoms with E-state index >= 15 is 0 Å². The number of hydrogen-bond donors (Lipinski definition) is 2. The molecule has 1 aromatic rings. The molecule has 0 aliphatic carbocycles. The van der Waals surface area contributed by atoms with Crippen molar-refractivity contribution < 1.29 is 23.7 Å². The largest absolute Gasteiger partial charge is 0.504 e. The molecule has 1 aromatic carbocycles. The van der Waals surface area contributed by atoms with Crippen molar-refractivity contribution >= 4 is 0 Å². The van der Waals surface area contributed by atoms with Gasteiger partial charge in [0.15, 0.2) is 11.5 Å². The van der Waals surface area contributed by atoms with Crippen molar-refractivity contribution in [2.45, 2.75) is 12.5 Å². The summed E-state index contributed by atoms with van der Waals surface area (Å²) in [5, 5.41) is 18.2. The molecule has 1 rings (SSSR count). The molecular weight excluding hydrogens is 194 g/mol. The molecular formula is C9H10F2O3. The summed E-state index contributed by atoms with van der Waals surface area (Å²) in [6, 6.07) is 3.64. The van der Waals surface area contributed by atoms with Crippen LogP contribution in [-0.2, 0) is 0 Å². The fourth-order valence-electron chi connectivity index (χ4n) is 1.04. The molecule has 0 aliphatic heterocycles. The van der Waals surface area contributed by atoms with E-state index in [0.29, 0.717) is 0 Å². The number of ether oxygens (including phenoxy) is 1. The highest BCUT2D eigenvalue weighted by Crippen LogP contribution is 2.30. The minimum Gasteiger partial charge on any atom is -0.504 e. The lowest BCUT2D eigenvalue weighted by Gasteiger charge is -2.11. The lowest BCUT2D eigenvalue weighted by atomic mass is 10.1. The number of benzene rings is 1. The van der Waals surface area contributed by atoms with Gasteiger partial charge in [0, 0.05) is 0 Å². The van der Waals surface area contributed by atoms with Gasteiger partial charge in [-0.05, 0) is 17.7 Å². The van der Waals surface area contributed by atoms with Gasteiger partial charge in [0.25, 0.3) is 6.43 Å². The second-order valence-corrected chi connectivity index (χ2v) is 2.71. The molecule has 0 aromatic heterocycles. The van der Waals surface area contributed by atoms with E-state index in [4.69, 9.17) is 9.84 Å². The Balaban J connectivity index is 2.96. The topological polar surface area (TPSA) is 49.7 Å². The number of aliphatic hydroxyl groups excluding tert-OH is 1. The first-order valence-corrected chi connectivity index (χ1v) is 3.89. The molecule has 0 spiro atoms. The van der Waals surface area contributed by atoms with E-state index in [1.807, 2.05) is 0 Å². The molecule has 0 heterocycles. The van der Waals surface area contributed by atoms with Crippen LogP contribution in [0.1, 0.15) is 11.7 Å². The summed E-state index contributed by atoms with van der Waals surface area (Å²) in [7, 11) is 1.35. The Morgan fingerprint density at radius 2 is 2.00 bits per heavy atom. The van der Waals surface area contributed by atoms with Gasteiger partial charge in [0.1, 0.15) is 6.10 Å². The van der Waals surface area contributed by atoms with Crippen LogP contribution in [0.2, 0.25) is 0 Å². The van der Waals surface area contributed by atoms with Gasteiger partial charge in [-0.15, -0.1) is 0 Å². The predicted octanol–water partition coefficient (Wildman–Crippen LogP) is 1.70. The number of phenolic OH excluding ortho intramolecular Hbond substituents is 1. The van der Waals surface area contributed by atoms with Crippen molar-refractivity contribution in [1.29, 1.82) is 0 Å². The Kier molecular flexibility index (Phi) is 3.24. The van der Waals surface area contributed by atoms with Crippen LogP contribution in [0, 0.1) is 0 Å². The first-order chi connectivity index (χ1) is 6.56. The average molecular weight is 204 g/mol. The van der Waals surface area contributed by atoms with Gasteiger partial charge >= 0.3 is 0 Å². The van der Waals surface area contributed by atoms with E-state index in [1.165, 1.54) is 19.2 Å². The van der Waals surface area contributed by atoms with Gasteiger partial charge in [0.05, 0.1) is 7.11 Å². The molecule has 0 radical (unpaired) electrons. The van der Waals surface area contributed by atoms with Crippen molar-refractivity contribution in [2.75, 3.05) is 7.11 Å².